The van der Waals surface area contributed by atoms with Crippen molar-refractivity contribution in [2.24, 2.45) is 0 Å². The highest BCUT2D eigenvalue weighted by molar-refractivity contribution is 7.08. The molecule has 0 bridgehead atoms. The summed E-state index contributed by atoms with van der Waals surface area (Å²) in [5.41, 5.74) is 1.56. The molecule has 2 aromatic rings. The van der Waals surface area contributed by atoms with Crippen LogP contribution < -0.4 is 4.67 Å². The van der Waals surface area contributed by atoms with Crippen LogP contribution in [0.25, 0.3) is 0 Å². The Bertz CT molecular complexity index is 811. The predicted molar refractivity (Wildman–Crippen MR) is 101 cm³/mol. The average molecular weight is 353 g/mol. The average Bonchev–Trinajstić information content (AvgIpc) is 3.15. The first-order valence-electron chi connectivity index (χ1n) is 8.64. The molecule has 2 fully saturated rings. The largest absolute Gasteiger partial charge is 0.442 e. The van der Waals surface area contributed by atoms with Crippen molar-refractivity contribution in [1.82, 2.24) is 9.57 Å². The Hall–Kier alpha value is -2.20. The molecule has 2 atom stereocenters. The van der Waals surface area contributed by atoms with E-state index in [1.807, 2.05) is 35.0 Å². The molecule has 0 saturated carbocycles. The normalized spacial score (nSPS) is 25.4. The Labute approximate surface area is 151 Å². The lowest BCUT2D eigenvalue weighted by Crippen LogP contribution is -2.70. The van der Waals surface area contributed by atoms with E-state index < -0.39 is 5.60 Å². The van der Waals surface area contributed by atoms with E-state index in [4.69, 9.17) is 4.74 Å². The number of hydrogen-bond acceptors (Lipinski definition) is 4. The number of esters is 1. The summed E-state index contributed by atoms with van der Waals surface area (Å²) in [6.45, 7) is 5.40. The SMILES string of the molecule is C=[N+]=C(C(=O)O[C@]1(c2ccccc2)CN2CCCCC21)c1ccsc1. The third-order valence-electron chi connectivity index (χ3n) is 5.27. The van der Waals surface area contributed by atoms with Crippen LogP contribution in [0.3, 0.4) is 0 Å². The molecule has 5 heteroatoms. The number of nitrogens with zero attached hydrogens (tertiary/aromatic N) is 2. The number of ether oxygens (including phenoxy) is 1. The Morgan fingerprint density at radius 2 is 2.12 bits per heavy atom. The maximum Gasteiger partial charge on any atom is 0.424 e. The second-order valence-electron chi connectivity index (χ2n) is 6.65. The lowest BCUT2D eigenvalue weighted by atomic mass is 9.73. The van der Waals surface area contributed by atoms with Gasteiger partial charge in [0, 0.05) is 11.9 Å². The van der Waals surface area contributed by atoms with Gasteiger partial charge in [0.25, 0.3) is 6.72 Å². The Morgan fingerprint density at radius 3 is 2.80 bits per heavy atom. The highest BCUT2D eigenvalue weighted by Crippen LogP contribution is 2.46. The minimum atomic E-state index is -0.579. The monoisotopic (exact) mass is 353 g/mol. The van der Waals surface area contributed by atoms with Crippen molar-refractivity contribution in [3.05, 3.63) is 58.3 Å². The molecule has 0 amide bonds. The maximum absolute atomic E-state index is 12.9. The first-order chi connectivity index (χ1) is 12.2. The molecule has 1 aromatic heterocycles. The summed E-state index contributed by atoms with van der Waals surface area (Å²) < 4.78 is 10.1. The van der Waals surface area contributed by atoms with Gasteiger partial charge < -0.3 is 4.74 Å². The van der Waals surface area contributed by atoms with Gasteiger partial charge in [-0.1, -0.05) is 41.4 Å². The molecule has 0 aliphatic carbocycles. The quantitative estimate of drug-likeness (QED) is 0.482. The fraction of sp³-hybridized carbons (Fsp3) is 0.350. The van der Waals surface area contributed by atoms with Gasteiger partial charge in [-0.3, -0.25) is 4.90 Å². The molecular formula is C20H21N2O2S+. The summed E-state index contributed by atoms with van der Waals surface area (Å²) in [6, 6.07) is 12.2. The first kappa shape index (κ1) is 16.3. The highest BCUT2D eigenvalue weighted by atomic mass is 32.1. The van der Waals surface area contributed by atoms with E-state index in [2.05, 4.69) is 28.4 Å². The van der Waals surface area contributed by atoms with Crippen molar-refractivity contribution in [1.29, 1.82) is 0 Å². The molecule has 0 spiro atoms. The second kappa shape index (κ2) is 6.60. The molecule has 3 heterocycles. The van der Waals surface area contributed by atoms with E-state index in [9.17, 15) is 4.79 Å². The van der Waals surface area contributed by atoms with Crippen LogP contribution in [-0.2, 0) is 15.1 Å². The molecule has 2 aliphatic rings. The van der Waals surface area contributed by atoms with Crippen LogP contribution in [-0.4, -0.2) is 42.4 Å². The van der Waals surface area contributed by atoms with E-state index in [0.29, 0.717) is 5.71 Å². The highest BCUT2D eigenvalue weighted by Gasteiger charge is 2.58. The summed E-state index contributed by atoms with van der Waals surface area (Å²) in [7, 11) is 0. The van der Waals surface area contributed by atoms with E-state index in [-0.39, 0.29) is 12.0 Å². The molecule has 2 aliphatic heterocycles. The predicted octanol–water partition coefficient (Wildman–Crippen LogP) is 2.61. The number of carbonyl (C=O) groups excluding carboxylic acids is 1. The molecule has 0 radical (unpaired) electrons. The number of carbonyl (C=O) groups is 1. The zero-order valence-corrected chi connectivity index (χ0v) is 14.9. The lowest BCUT2D eigenvalue weighted by Gasteiger charge is -2.58. The van der Waals surface area contributed by atoms with Gasteiger partial charge in [-0.25, -0.2) is 4.79 Å². The molecule has 0 N–H and O–H groups in total. The van der Waals surface area contributed by atoms with E-state index in [0.717, 1.165) is 30.6 Å². The van der Waals surface area contributed by atoms with Crippen molar-refractivity contribution >= 4 is 29.7 Å². The van der Waals surface area contributed by atoms with E-state index >= 15 is 0 Å². The second-order valence-corrected chi connectivity index (χ2v) is 7.43. The summed E-state index contributed by atoms with van der Waals surface area (Å²) in [5.74, 6) is -0.387. The van der Waals surface area contributed by atoms with Gasteiger partial charge >= 0.3 is 11.7 Å². The van der Waals surface area contributed by atoms with Crippen LogP contribution in [0.5, 0.6) is 0 Å². The zero-order valence-electron chi connectivity index (χ0n) is 14.1. The van der Waals surface area contributed by atoms with Crippen LogP contribution in [0.2, 0.25) is 0 Å². The number of fused-ring (bicyclic) bond motifs is 1. The van der Waals surface area contributed by atoms with E-state index in [1.54, 1.807) is 0 Å². The van der Waals surface area contributed by atoms with E-state index in [1.165, 1.54) is 24.2 Å². The summed E-state index contributed by atoms with van der Waals surface area (Å²) in [5, 5.41) is 3.82. The van der Waals surface area contributed by atoms with Gasteiger partial charge in [-0.2, -0.15) is 11.3 Å². The maximum atomic E-state index is 12.9. The van der Waals surface area contributed by atoms with Crippen LogP contribution in [0.1, 0.15) is 30.4 Å². The van der Waals surface area contributed by atoms with Gasteiger partial charge in [0.1, 0.15) is 0 Å². The molecule has 1 unspecified atom stereocenters. The van der Waals surface area contributed by atoms with Crippen molar-refractivity contribution in [2.45, 2.75) is 30.9 Å². The fourth-order valence-electron chi connectivity index (χ4n) is 4.05. The fourth-order valence-corrected chi connectivity index (χ4v) is 4.69. The van der Waals surface area contributed by atoms with Crippen LogP contribution in [0, 0.1) is 0 Å². The van der Waals surface area contributed by atoms with Crippen LogP contribution >= 0.6 is 11.3 Å². The molecule has 4 nitrogen and oxygen atoms in total. The summed E-state index contributed by atoms with van der Waals surface area (Å²) in [4.78, 5) is 15.3. The van der Waals surface area contributed by atoms with Gasteiger partial charge in [-0.05, 0) is 36.4 Å². The summed E-state index contributed by atoms with van der Waals surface area (Å²) >= 11 is 1.53. The molecule has 128 valence electrons. The van der Waals surface area contributed by atoms with Crippen molar-refractivity contribution < 1.29 is 9.53 Å². The van der Waals surface area contributed by atoms with Gasteiger partial charge in [0.05, 0.1) is 11.6 Å². The minimum Gasteiger partial charge on any atom is -0.442 e. The van der Waals surface area contributed by atoms with Gasteiger partial charge in [-0.15, -0.1) is 0 Å². The number of benzene rings is 1. The number of hydrogen-bond donors (Lipinski definition) is 0. The minimum absolute atomic E-state index is 0.251. The zero-order chi connectivity index (χ0) is 17.3. The lowest BCUT2D eigenvalue weighted by molar-refractivity contribution is -0.205. The Kier molecular flexibility index (Phi) is 4.30. The van der Waals surface area contributed by atoms with Crippen molar-refractivity contribution in [3.8, 4) is 0 Å². The Balaban J connectivity index is 1.66. The molecule has 2 saturated heterocycles. The topological polar surface area (TPSA) is 43.6 Å². The van der Waals surface area contributed by atoms with Crippen molar-refractivity contribution in [2.75, 3.05) is 13.1 Å². The molecule has 1 aromatic carbocycles. The standard InChI is InChI=1S/C20H21N2O2S/c1-21-18(15-10-12-25-13-15)19(23)24-20(16-7-3-2-4-8-16)14-22-11-6-5-9-17(20)22/h2-4,7-8,10,12-13,17H,1,5-6,9,11,14H2/q+1/t17?,20-/m0/s1. The molecular weight excluding hydrogens is 332 g/mol. The third kappa shape index (κ3) is 2.74. The number of piperidine rings is 1. The number of thiophene rings is 1. The molecule has 4 rings (SSSR count). The summed E-state index contributed by atoms with van der Waals surface area (Å²) in [6.07, 6.45) is 3.45. The van der Waals surface area contributed by atoms with Crippen LogP contribution in [0.4, 0.5) is 0 Å². The molecule has 25 heavy (non-hydrogen) atoms. The van der Waals surface area contributed by atoms with Crippen LogP contribution in [0.15, 0.2) is 47.2 Å². The third-order valence-corrected chi connectivity index (χ3v) is 5.96. The smallest absolute Gasteiger partial charge is 0.424 e. The first-order valence-corrected chi connectivity index (χ1v) is 9.58. The van der Waals surface area contributed by atoms with Crippen molar-refractivity contribution in [3.63, 3.8) is 0 Å². The Morgan fingerprint density at radius 1 is 1.28 bits per heavy atom. The van der Waals surface area contributed by atoms with Gasteiger partial charge in [0.2, 0.25) is 0 Å². The van der Waals surface area contributed by atoms with Gasteiger partial charge in [0.15, 0.2) is 5.60 Å². The number of rotatable bonds is 4.